The Morgan fingerprint density at radius 1 is 1.11 bits per heavy atom. The van der Waals surface area contributed by atoms with E-state index in [0.29, 0.717) is 18.4 Å². The second kappa shape index (κ2) is 16.3. The summed E-state index contributed by atoms with van der Waals surface area (Å²) in [7, 11) is -3.96. The first-order valence-electron chi connectivity index (χ1n) is 17.6. The summed E-state index contributed by atoms with van der Waals surface area (Å²) in [6, 6.07) is 16.3. The van der Waals surface area contributed by atoms with Crippen LogP contribution < -0.4 is 10.1 Å². The fourth-order valence-corrected chi connectivity index (χ4v) is 8.50. The van der Waals surface area contributed by atoms with Gasteiger partial charge in [-0.15, -0.1) is 11.6 Å². The highest BCUT2D eigenvalue weighted by Gasteiger charge is 2.57. The van der Waals surface area contributed by atoms with E-state index in [1.165, 1.54) is 17.3 Å². The van der Waals surface area contributed by atoms with E-state index in [1.807, 2.05) is 30.3 Å². The molecular weight excluding hydrogens is 730 g/mol. The molecule has 0 radical (unpaired) electrons. The van der Waals surface area contributed by atoms with Crippen molar-refractivity contribution >= 4 is 27.5 Å². The van der Waals surface area contributed by atoms with Crippen LogP contribution in [0.4, 0.5) is 0 Å². The normalized spacial score (nSPS) is 24.6. The fourth-order valence-electron chi connectivity index (χ4n) is 6.48. The van der Waals surface area contributed by atoms with Crippen molar-refractivity contribution in [2.24, 2.45) is 5.92 Å². The summed E-state index contributed by atoms with van der Waals surface area (Å²) in [6.45, 7) is -0.339. The quantitative estimate of drug-likeness (QED) is 0.0806. The number of ether oxygens (including phenoxy) is 3. The van der Waals surface area contributed by atoms with Crippen molar-refractivity contribution in [1.29, 1.82) is 0 Å². The van der Waals surface area contributed by atoms with Crippen molar-refractivity contribution in [1.82, 2.24) is 14.6 Å². The molecule has 2 heterocycles. The maximum atomic E-state index is 13.8. The smallest absolute Gasteiger partial charge is 0.243 e. The number of amides is 1. The van der Waals surface area contributed by atoms with Gasteiger partial charge >= 0.3 is 0 Å². The highest BCUT2D eigenvalue weighted by Crippen LogP contribution is 2.56. The van der Waals surface area contributed by atoms with Crippen molar-refractivity contribution in [3.63, 3.8) is 0 Å². The van der Waals surface area contributed by atoms with Gasteiger partial charge in [0.15, 0.2) is 0 Å². The van der Waals surface area contributed by atoms with Gasteiger partial charge in [0.1, 0.15) is 29.7 Å². The first kappa shape index (κ1) is 39.5. The molecule has 1 saturated heterocycles. The van der Waals surface area contributed by atoms with Crippen molar-refractivity contribution in [2.45, 2.75) is 85.3 Å². The Bertz CT molecular complexity index is 1870. The molecule has 0 spiro atoms. The topological polar surface area (TPSA) is 208 Å². The van der Waals surface area contributed by atoms with Crippen LogP contribution in [0.25, 0.3) is 11.1 Å². The molecule has 2 aromatic carbocycles. The number of pyridine rings is 1. The third-order valence-electron chi connectivity index (χ3n) is 9.91. The van der Waals surface area contributed by atoms with E-state index < -0.39 is 64.7 Å². The number of aliphatic hydroxyl groups is 5. The first-order valence-corrected chi connectivity index (χ1v) is 19.5. The van der Waals surface area contributed by atoms with E-state index in [9.17, 15) is 33.6 Å². The van der Waals surface area contributed by atoms with Gasteiger partial charge in [0.25, 0.3) is 0 Å². The average molecular weight is 776 g/mol. The predicted octanol–water partition coefficient (Wildman–Crippen LogP) is 1.64. The first-order chi connectivity index (χ1) is 25.3. The lowest BCUT2D eigenvalue weighted by atomic mass is 9.96. The molecule has 6 rings (SSSR count). The molecule has 6 N–H and O–H groups in total. The maximum absolute atomic E-state index is 13.8. The monoisotopic (exact) mass is 775 g/mol. The van der Waals surface area contributed by atoms with Crippen LogP contribution in [-0.4, -0.2) is 118 Å². The van der Waals surface area contributed by atoms with Gasteiger partial charge in [-0.3, -0.25) is 9.78 Å². The number of aliphatic hydroxyl groups excluding tert-OH is 4. The minimum absolute atomic E-state index is 0.0317. The summed E-state index contributed by atoms with van der Waals surface area (Å²) in [5.41, 5.74) is 2.45. The number of rotatable bonds is 18. The van der Waals surface area contributed by atoms with Gasteiger partial charge in [-0.1, -0.05) is 30.3 Å². The number of hydrogen-bond donors (Lipinski definition) is 6. The summed E-state index contributed by atoms with van der Waals surface area (Å²) >= 11 is 6.77. The standard InChI is InChI=1S/C37H46ClN3O11S/c1-23(43)40-22-37(47,35(46)34(45)31(44)19-42)51-21-25-12-14-41(18-25)53(48,49)27-6-4-5-24(15-27)20-50-36(16-33(36)38)30-17-39-13-11-28(30)29-7-2-3-8-32(29)52-26-9-10-26/h2-8,11,13,15,17,25-26,31,33-35,42,44-47H,9-10,12,14,16,18-22H2,1H3,(H,40,43)/t25?,31-,33?,34-,35-,36?,37+/m1/s1. The van der Waals surface area contributed by atoms with E-state index in [2.05, 4.69) is 10.3 Å². The van der Waals surface area contributed by atoms with Crippen molar-refractivity contribution in [2.75, 3.05) is 32.8 Å². The highest BCUT2D eigenvalue weighted by atomic mass is 35.5. The molecule has 0 bridgehead atoms. The molecule has 3 unspecified atom stereocenters. The molecule has 14 nitrogen and oxygen atoms in total. The number of aromatic nitrogens is 1. The molecule has 2 saturated carbocycles. The van der Waals surface area contributed by atoms with Crippen LogP contribution in [0.2, 0.25) is 0 Å². The molecule has 3 aromatic rings. The number of carbonyl (C=O) groups excluding carboxylic acids is 1. The van der Waals surface area contributed by atoms with E-state index in [0.717, 1.165) is 35.3 Å². The zero-order valence-electron chi connectivity index (χ0n) is 29.3. The van der Waals surface area contributed by atoms with Gasteiger partial charge < -0.3 is 45.1 Å². The molecule has 3 aliphatic rings. The molecule has 16 heteroatoms. The third-order valence-corrected chi connectivity index (χ3v) is 12.3. The van der Waals surface area contributed by atoms with Crippen molar-refractivity contribution in [3.05, 3.63) is 78.1 Å². The minimum Gasteiger partial charge on any atom is -0.490 e. The predicted molar refractivity (Wildman–Crippen MR) is 192 cm³/mol. The summed E-state index contributed by atoms with van der Waals surface area (Å²) in [6.07, 6.45) is 0.744. The Morgan fingerprint density at radius 2 is 1.87 bits per heavy atom. The lowest BCUT2D eigenvalue weighted by molar-refractivity contribution is -0.282. The number of benzene rings is 2. The summed E-state index contributed by atoms with van der Waals surface area (Å²) in [5, 5.41) is 52.8. The van der Waals surface area contributed by atoms with Crippen molar-refractivity contribution in [3.8, 4) is 16.9 Å². The second-order valence-corrected chi connectivity index (χ2v) is 16.5. The van der Waals surface area contributed by atoms with Gasteiger partial charge in [0.2, 0.25) is 21.7 Å². The van der Waals surface area contributed by atoms with Gasteiger partial charge in [-0.2, -0.15) is 4.31 Å². The SMILES string of the molecule is CC(=O)NC[C@](O)(OCC1CCN(S(=O)(=O)c2cccc(COC3(c4cnccc4-c4ccccc4OC4CC4)CC3Cl)c2)C1)[C@H](O)[C@H](O)[C@H](O)CO. The molecule has 1 aromatic heterocycles. The van der Waals surface area contributed by atoms with Crippen molar-refractivity contribution < 1.29 is 53.0 Å². The van der Waals surface area contributed by atoms with Crippen LogP contribution in [-0.2, 0) is 36.5 Å². The van der Waals surface area contributed by atoms with E-state index in [-0.39, 0.29) is 42.7 Å². The minimum atomic E-state index is -3.96. The third kappa shape index (κ3) is 8.86. The number of sulfonamides is 1. The number of halogens is 1. The van der Waals surface area contributed by atoms with Crippen LogP contribution in [0.15, 0.2) is 71.9 Å². The van der Waals surface area contributed by atoms with E-state index >= 15 is 0 Å². The Kier molecular flexibility index (Phi) is 12.1. The lowest BCUT2D eigenvalue weighted by Gasteiger charge is -2.37. The van der Waals surface area contributed by atoms with Gasteiger partial charge in [-0.25, -0.2) is 8.42 Å². The molecule has 288 valence electrons. The highest BCUT2D eigenvalue weighted by molar-refractivity contribution is 7.89. The van der Waals surface area contributed by atoms with E-state index in [4.69, 9.17) is 30.9 Å². The maximum Gasteiger partial charge on any atom is 0.243 e. The fraction of sp³-hybridized carbons (Fsp3) is 0.514. The molecule has 1 amide bonds. The van der Waals surface area contributed by atoms with Crippen LogP contribution in [0.1, 0.15) is 43.7 Å². The number of carbonyl (C=O) groups is 1. The van der Waals surface area contributed by atoms with Crippen LogP contribution >= 0.6 is 11.6 Å². The second-order valence-electron chi connectivity index (χ2n) is 14.0. The van der Waals surface area contributed by atoms with Crippen LogP contribution in [0.3, 0.4) is 0 Å². The van der Waals surface area contributed by atoms with Crippen LogP contribution in [0, 0.1) is 5.92 Å². The average Bonchev–Trinajstić information content (AvgIpc) is 4.05. The molecule has 3 fully saturated rings. The molecule has 2 aliphatic carbocycles. The Labute approximate surface area is 313 Å². The largest absolute Gasteiger partial charge is 0.490 e. The number of alkyl halides is 1. The summed E-state index contributed by atoms with van der Waals surface area (Å²) < 4.78 is 47.2. The molecule has 7 atom stereocenters. The van der Waals surface area contributed by atoms with E-state index in [1.54, 1.807) is 30.6 Å². The van der Waals surface area contributed by atoms with Gasteiger partial charge in [0.05, 0.1) is 42.7 Å². The zero-order valence-corrected chi connectivity index (χ0v) is 30.8. The Hall–Kier alpha value is -3.22. The Morgan fingerprint density at radius 3 is 2.57 bits per heavy atom. The summed E-state index contributed by atoms with van der Waals surface area (Å²) in [4.78, 5) is 16.0. The Balaban J connectivity index is 1.12. The van der Waals surface area contributed by atoms with Crippen LogP contribution in [0.5, 0.6) is 5.75 Å². The number of para-hydroxylation sites is 1. The number of nitrogens with one attached hydrogen (secondary N) is 1. The van der Waals surface area contributed by atoms with Gasteiger partial charge in [0, 0.05) is 50.0 Å². The molecule has 53 heavy (non-hydrogen) atoms. The van der Waals surface area contributed by atoms with Gasteiger partial charge in [-0.05, 0) is 60.6 Å². The number of hydrogen-bond acceptors (Lipinski definition) is 12. The molecule has 1 aliphatic heterocycles. The number of nitrogens with zero attached hydrogens (tertiary/aromatic N) is 2. The lowest BCUT2D eigenvalue weighted by Crippen LogP contribution is -2.60. The molecular formula is C37H46ClN3O11S. The zero-order chi connectivity index (χ0) is 38.0. The summed E-state index contributed by atoms with van der Waals surface area (Å²) in [5.74, 6) is -2.74.